The molecule has 13 heteroatoms. The molecule has 3 aliphatic rings. The van der Waals surface area contributed by atoms with Crippen molar-refractivity contribution in [2.45, 2.75) is 23.8 Å². The Morgan fingerprint density at radius 1 is 0.953 bits per heavy atom. The lowest BCUT2D eigenvalue weighted by molar-refractivity contribution is 0.0518. The normalized spacial score (nSPS) is 19.4. The SMILES string of the molecule is COc1cc(C(=O)N2CCC(N3CCN(C)CC3)CC2)ccc1Nc1ncc2c(n1)N(C)c1ccccc1S(=O)(=O)N2C. The highest BCUT2D eigenvalue weighted by atomic mass is 32.2. The number of piperidine rings is 1. The van der Waals surface area contributed by atoms with Crippen LogP contribution in [-0.2, 0) is 10.0 Å². The number of carbonyl (C=O) groups is 1. The quantitative estimate of drug-likeness (QED) is 0.465. The van der Waals surface area contributed by atoms with Crippen LogP contribution in [0.4, 0.5) is 28.8 Å². The van der Waals surface area contributed by atoms with E-state index in [0.717, 1.165) is 52.1 Å². The summed E-state index contributed by atoms with van der Waals surface area (Å²) in [6.07, 6.45) is 3.45. The minimum atomic E-state index is -3.79. The molecule has 2 aromatic carbocycles. The first kappa shape index (κ1) is 29.1. The van der Waals surface area contributed by atoms with Crippen LogP contribution in [0.3, 0.4) is 0 Å². The number of anilines is 5. The van der Waals surface area contributed by atoms with Gasteiger partial charge in [0.15, 0.2) is 5.82 Å². The molecule has 0 atom stereocenters. The summed E-state index contributed by atoms with van der Waals surface area (Å²) in [6, 6.07) is 12.7. The molecule has 0 bridgehead atoms. The Balaban J connectivity index is 1.18. The number of piperazine rings is 1. The Morgan fingerprint density at radius 3 is 2.40 bits per heavy atom. The molecule has 4 heterocycles. The highest BCUT2D eigenvalue weighted by Crippen LogP contribution is 2.41. The second kappa shape index (κ2) is 11.6. The number of methoxy groups -OCH3 is 1. The number of nitrogens with zero attached hydrogens (tertiary/aromatic N) is 7. The molecule has 2 fully saturated rings. The third kappa shape index (κ3) is 5.48. The van der Waals surface area contributed by atoms with E-state index in [4.69, 9.17) is 4.74 Å². The van der Waals surface area contributed by atoms with Crippen molar-refractivity contribution in [1.29, 1.82) is 0 Å². The molecule has 2 saturated heterocycles. The molecule has 12 nitrogen and oxygen atoms in total. The molecule has 0 aliphatic carbocycles. The zero-order chi connectivity index (χ0) is 30.3. The number of rotatable bonds is 5. The number of carbonyl (C=O) groups excluding carboxylic acids is 1. The average molecular weight is 607 g/mol. The largest absolute Gasteiger partial charge is 0.495 e. The van der Waals surface area contributed by atoms with Gasteiger partial charge in [0.1, 0.15) is 16.3 Å². The van der Waals surface area contributed by atoms with E-state index in [1.165, 1.54) is 17.5 Å². The molecule has 1 N–H and O–H groups in total. The molecule has 1 amide bonds. The fourth-order valence-electron chi connectivity index (χ4n) is 6.09. The Labute approximate surface area is 252 Å². The summed E-state index contributed by atoms with van der Waals surface area (Å²) in [5, 5.41) is 3.19. The van der Waals surface area contributed by atoms with Gasteiger partial charge in [-0.25, -0.2) is 13.4 Å². The molecule has 0 unspecified atom stereocenters. The van der Waals surface area contributed by atoms with Crippen LogP contribution in [0.2, 0.25) is 0 Å². The predicted octanol–water partition coefficient (Wildman–Crippen LogP) is 2.99. The predicted molar refractivity (Wildman–Crippen MR) is 166 cm³/mol. The number of fused-ring (bicyclic) bond motifs is 2. The number of para-hydroxylation sites is 1. The zero-order valence-electron chi connectivity index (χ0n) is 25.0. The molecular weight excluding hydrogens is 568 g/mol. The third-order valence-electron chi connectivity index (χ3n) is 8.77. The van der Waals surface area contributed by atoms with Crippen LogP contribution in [0.15, 0.2) is 53.6 Å². The standard InChI is InChI=1S/C30H38N8O4S/c1-34-15-17-37(18-16-34)22-11-13-38(14-12-22)29(39)21-9-10-23(26(19-21)42-4)32-30-31-20-25-28(33-30)35(2)24-7-5-6-8-27(24)43(40,41)36(25)3/h5-10,19-20,22H,11-18H2,1-4H3,(H,31,32,33). The van der Waals surface area contributed by atoms with E-state index in [9.17, 15) is 13.2 Å². The molecule has 0 saturated carbocycles. The summed E-state index contributed by atoms with van der Waals surface area (Å²) in [4.78, 5) is 31.3. The number of hydrogen-bond donors (Lipinski definition) is 1. The lowest BCUT2D eigenvalue weighted by Crippen LogP contribution is -2.52. The number of amides is 1. The fraction of sp³-hybridized carbons (Fsp3) is 0.433. The van der Waals surface area contributed by atoms with Gasteiger partial charge in [-0.05, 0) is 50.2 Å². The van der Waals surface area contributed by atoms with Crippen molar-refractivity contribution in [1.82, 2.24) is 24.7 Å². The summed E-state index contributed by atoms with van der Waals surface area (Å²) >= 11 is 0. The lowest BCUT2D eigenvalue weighted by Gasteiger charge is -2.42. The maximum Gasteiger partial charge on any atom is 0.266 e. The second-order valence-electron chi connectivity index (χ2n) is 11.3. The zero-order valence-corrected chi connectivity index (χ0v) is 25.8. The van der Waals surface area contributed by atoms with Gasteiger partial charge in [0.2, 0.25) is 5.95 Å². The van der Waals surface area contributed by atoms with E-state index in [-0.39, 0.29) is 16.8 Å². The molecule has 43 heavy (non-hydrogen) atoms. The first-order valence-corrected chi connectivity index (χ1v) is 16.0. The van der Waals surface area contributed by atoms with E-state index in [1.807, 2.05) is 4.90 Å². The highest BCUT2D eigenvalue weighted by molar-refractivity contribution is 7.93. The molecule has 0 radical (unpaired) electrons. The van der Waals surface area contributed by atoms with Crippen molar-refractivity contribution >= 4 is 44.8 Å². The van der Waals surface area contributed by atoms with Crippen molar-refractivity contribution in [3.8, 4) is 5.75 Å². The van der Waals surface area contributed by atoms with Crippen LogP contribution in [0.25, 0.3) is 0 Å². The number of benzene rings is 2. The van der Waals surface area contributed by atoms with Crippen LogP contribution in [0, 0.1) is 0 Å². The van der Waals surface area contributed by atoms with Crippen LogP contribution in [0.5, 0.6) is 5.75 Å². The lowest BCUT2D eigenvalue weighted by atomic mass is 10.0. The highest BCUT2D eigenvalue weighted by Gasteiger charge is 2.34. The molecule has 1 aromatic heterocycles. The molecule has 3 aromatic rings. The van der Waals surface area contributed by atoms with E-state index in [1.54, 1.807) is 61.5 Å². The van der Waals surface area contributed by atoms with Gasteiger partial charge in [-0.1, -0.05) is 12.1 Å². The molecule has 3 aliphatic heterocycles. The Kier molecular flexibility index (Phi) is 7.88. The van der Waals surface area contributed by atoms with Gasteiger partial charge in [-0.15, -0.1) is 0 Å². The number of aromatic nitrogens is 2. The minimum absolute atomic E-state index is 0.00695. The fourth-order valence-corrected chi connectivity index (χ4v) is 7.49. The Hall–Kier alpha value is -3.94. The smallest absolute Gasteiger partial charge is 0.266 e. The number of ether oxygens (including phenoxy) is 1. The van der Waals surface area contributed by atoms with Crippen molar-refractivity contribution in [3.63, 3.8) is 0 Å². The summed E-state index contributed by atoms with van der Waals surface area (Å²) < 4.78 is 33.4. The monoisotopic (exact) mass is 606 g/mol. The van der Waals surface area contributed by atoms with Gasteiger partial charge < -0.3 is 24.8 Å². The van der Waals surface area contributed by atoms with Gasteiger partial charge in [0, 0.05) is 65.0 Å². The molecular formula is C30H38N8O4S. The van der Waals surface area contributed by atoms with Crippen LogP contribution in [0.1, 0.15) is 23.2 Å². The van der Waals surface area contributed by atoms with Crippen molar-refractivity contribution in [3.05, 3.63) is 54.2 Å². The number of likely N-dealkylation sites (tertiary alicyclic amines) is 1. The van der Waals surface area contributed by atoms with E-state index in [2.05, 4.69) is 32.1 Å². The Bertz CT molecular complexity index is 1620. The third-order valence-corrected chi connectivity index (χ3v) is 10.6. The summed E-state index contributed by atoms with van der Waals surface area (Å²) in [6.45, 7) is 5.85. The maximum absolute atomic E-state index is 13.4. The van der Waals surface area contributed by atoms with Crippen LogP contribution >= 0.6 is 0 Å². The van der Waals surface area contributed by atoms with E-state index < -0.39 is 10.0 Å². The van der Waals surface area contributed by atoms with Gasteiger partial charge >= 0.3 is 0 Å². The molecule has 0 spiro atoms. The van der Waals surface area contributed by atoms with E-state index >= 15 is 0 Å². The maximum atomic E-state index is 13.4. The first-order chi connectivity index (χ1) is 20.7. The number of nitrogens with one attached hydrogen (secondary N) is 1. The number of likely N-dealkylation sites (N-methyl/N-ethyl adjacent to an activating group) is 1. The van der Waals surface area contributed by atoms with Crippen molar-refractivity contribution < 1.29 is 17.9 Å². The molecule has 228 valence electrons. The van der Waals surface area contributed by atoms with Gasteiger partial charge in [0.05, 0.1) is 24.7 Å². The minimum Gasteiger partial charge on any atom is -0.495 e. The topological polar surface area (TPSA) is 114 Å². The second-order valence-corrected chi connectivity index (χ2v) is 13.2. The van der Waals surface area contributed by atoms with Gasteiger partial charge in [-0.2, -0.15) is 4.98 Å². The summed E-state index contributed by atoms with van der Waals surface area (Å²) in [5.74, 6) is 1.17. The first-order valence-electron chi connectivity index (χ1n) is 14.5. The Morgan fingerprint density at radius 2 is 1.67 bits per heavy atom. The van der Waals surface area contributed by atoms with Crippen LogP contribution in [-0.4, -0.2) is 113 Å². The number of sulfonamides is 1. The van der Waals surface area contributed by atoms with Crippen molar-refractivity contribution in [2.75, 3.05) is 82.0 Å². The van der Waals surface area contributed by atoms with Crippen LogP contribution < -0.4 is 19.3 Å². The molecule has 6 rings (SSSR count). The van der Waals surface area contributed by atoms with Gasteiger partial charge in [-0.3, -0.25) is 14.0 Å². The van der Waals surface area contributed by atoms with E-state index in [0.29, 0.717) is 40.2 Å². The average Bonchev–Trinajstić information content (AvgIpc) is 3.09. The van der Waals surface area contributed by atoms with Crippen molar-refractivity contribution in [2.24, 2.45) is 0 Å². The van der Waals surface area contributed by atoms with Gasteiger partial charge in [0.25, 0.3) is 15.9 Å². The summed E-state index contributed by atoms with van der Waals surface area (Å²) in [7, 11) is 3.20. The number of hydrogen-bond acceptors (Lipinski definition) is 10. The summed E-state index contributed by atoms with van der Waals surface area (Å²) in [5.41, 5.74) is 2.02.